The molecule has 1 amide bonds. The minimum atomic E-state index is 0.924. The highest BCUT2D eigenvalue weighted by atomic mass is 16.1. The van der Waals surface area contributed by atoms with Gasteiger partial charge in [-0.2, -0.15) is 0 Å². The Hall–Kier alpha value is -2.62. The van der Waals surface area contributed by atoms with E-state index >= 15 is 0 Å². The lowest BCUT2D eigenvalue weighted by Gasteiger charge is -2.29. The van der Waals surface area contributed by atoms with E-state index in [9.17, 15) is 4.79 Å². The predicted octanol–water partition coefficient (Wildman–Crippen LogP) is 5.62. The van der Waals surface area contributed by atoms with Gasteiger partial charge in [0.05, 0.1) is 11.4 Å². The van der Waals surface area contributed by atoms with Crippen LogP contribution < -0.4 is 4.90 Å². The van der Waals surface area contributed by atoms with Crippen molar-refractivity contribution in [1.82, 2.24) is 4.90 Å². The highest BCUT2D eigenvalue weighted by molar-refractivity contribution is 6.07. The second-order valence-electron chi connectivity index (χ2n) is 7.81. The van der Waals surface area contributed by atoms with Crippen molar-refractivity contribution in [3.63, 3.8) is 0 Å². The van der Waals surface area contributed by atoms with Crippen LogP contribution >= 0.6 is 0 Å². The number of fused-ring (bicyclic) bond motifs is 1. The fraction of sp³-hybridized carbons (Fsp3) is 0.462. The number of aliphatic imine (C=N–C) groups is 1. The fourth-order valence-electron chi connectivity index (χ4n) is 4.18. The van der Waals surface area contributed by atoms with Crippen molar-refractivity contribution >= 4 is 23.5 Å². The minimum absolute atomic E-state index is 0.924. The third kappa shape index (κ3) is 5.71. The van der Waals surface area contributed by atoms with Crippen LogP contribution in [0.15, 0.2) is 53.5 Å². The number of benzene rings is 2. The van der Waals surface area contributed by atoms with Crippen LogP contribution in [-0.4, -0.2) is 43.2 Å². The third-order valence-electron chi connectivity index (χ3n) is 5.80. The Balaban J connectivity index is 0.000000241. The molecule has 0 saturated carbocycles. The molecule has 0 aromatic heterocycles. The van der Waals surface area contributed by atoms with Crippen LogP contribution in [0.5, 0.6) is 0 Å². The SMILES string of the molecule is CC.O=CN1CCCC1.c1cc(C2=Nc3ccccc3C2)cc(N2CCCCC2)c1. The summed E-state index contributed by atoms with van der Waals surface area (Å²) in [5, 5.41) is 0. The van der Waals surface area contributed by atoms with Gasteiger partial charge in [-0.1, -0.05) is 44.2 Å². The van der Waals surface area contributed by atoms with E-state index in [2.05, 4.69) is 53.4 Å². The van der Waals surface area contributed by atoms with Gasteiger partial charge in [-0.3, -0.25) is 9.79 Å². The lowest BCUT2D eigenvalue weighted by molar-refractivity contribution is -0.117. The van der Waals surface area contributed by atoms with Crippen molar-refractivity contribution in [2.75, 3.05) is 31.1 Å². The van der Waals surface area contributed by atoms with E-state index < -0.39 is 0 Å². The fourth-order valence-corrected chi connectivity index (χ4v) is 4.18. The smallest absolute Gasteiger partial charge is 0.209 e. The van der Waals surface area contributed by atoms with Gasteiger partial charge >= 0.3 is 0 Å². The summed E-state index contributed by atoms with van der Waals surface area (Å²) in [5.74, 6) is 0. The summed E-state index contributed by atoms with van der Waals surface area (Å²) in [6.07, 6.45) is 8.27. The molecule has 0 radical (unpaired) electrons. The maximum atomic E-state index is 9.93. The van der Waals surface area contributed by atoms with Gasteiger partial charge in [-0.05, 0) is 61.4 Å². The topological polar surface area (TPSA) is 35.9 Å². The maximum absolute atomic E-state index is 9.93. The zero-order valence-corrected chi connectivity index (χ0v) is 18.5. The molecular formula is C26H35N3O. The van der Waals surface area contributed by atoms with Gasteiger partial charge in [0.2, 0.25) is 6.41 Å². The Morgan fingerprint density at radius 1 is 0.833 bits per heavy atom. The molecule has 30 heavy (non-hydrogen) atoms. The first-order chi connectivity index (χ1) is 14.8. The third-order valence-corrected chi connectivity index (χ3v) is 5.80. The average molecular weight is 406 g/mol. The average Bonchev–Trinajstić information content (AvgIpc) is 3.51. The van der Waals surface area contributed by atoms with Gasteiger partial charge in [0.25, 0.3) is 0 Å². The normalized spacial score (nSPS) is 17.2. The number of likely N-dealkylation sites (tertiary alicyclic amines) is 1. The van der Waals surface area contributed by atoms with E-state index in [1.54, 1.807) is 4.90 Å². The molecule has 0 N–H and O–H groups in total. The number of carbonyl (C=O) groups is 1. The maximum Gasteiger partial charge on any atom is 0.209 e. The van der Waals surface area contributed by atoms with Crippen molar-refractivity contribution in [2.45, 2.75) is 52.4 Å². The zero-order chi connectivity index (χ0) is 21.2. The molecule has 3 aliphatic rings. The monoisotopic (exact) mass is 405 g/mol. The first kappa shape index (κ1) is 22.1. The van der Waals surface area contributed by atoms with Crippen LogP contribution in [0.3, 0.4) is 0 Å². The van der Waals surface area contributed by atoms with E-state index in [0.29, 0.717) is 0 Å². The Morgan fingerprint density at radius 2 is 1.53 bits per heavy atom. The largest absolute Gasteiger partial charge is 0.372 e. The highest BCUT2D eigenvalue weighted by Crippen LogP contribution is 2.29. The van der Waals surface area contributed by atoms with Crippen molar-refractivity contribution in [1.29, 1.82) is 0 Å². The van der Waals surface area contributed by atoms with E-state index in [4.69, 9.17) is 4.99 Å². The van der Waals surface area contributed by atoms with E-state index in [-0.39, 0.29) is 0 Å². The van der Waals surface area contributed by atoms with E-state index in [1.165, 1.54) is 67.7 Å². The summed E-state index contributed by atoms with van der Waals surface area (Å²) in [4.78, 5) is 19.1. The number of rotatable bonds is 3. The second kappa shape index (κ2) is 11.5. The molecule has 0 bridgehead atoms. The highest BCUT2D eigenvalue weighted by Gasteiger charge is 2.17. The van der Waals surface area contributed by atoms with E-state index in [0.717, 1.165) is 31.6 Å². The van der Waals surface area contributed by atoms with Gasteiger partial charge < -0.3 is 9.80 Å². The molecule has 2 saturated heterocycles. The molecular weight excluding hydrogens is 370 g/mol. The number of para-hydroxylation sites is 1. The van der Waals surface area contributed by atoms with Crippen LogP contribution in [0, 0.1) is 0 Å². The Bertz CT molecular complexity index is 834. The first-order valence-electron chi connectivity index (χ1n) is 11.5. The van der Waals surface area contributed by atoms with E-state index in [1.807, 2.05) is 13.8 Å². The van der Waals surface area contributed by atoms with Crippen LogP contribution in [0.2, 0.25) is 0 Å². The summed E-state index contributed by atoms with van der Waals surface area (Å²) in [6, 6.07) is 17.4. The standard InChI is InChI=1S/C19H20N2.C5H9NO.C2H6/c1-4-11-21(12-5-1)17-9-6-8-15(13-17)19-14-16-7-2-3-10-18(16)20-19;7-5-6-3-1-2-4-6;1-2/h2-3,6-10,13H,1,4-5,11-12,14H2;5H,1-4H2;1-2H3. The summed E-state index contributed by atoms with van der Waals surface area (Å²) in [7, 11) is 0. The lowest BCUT2D eigenvalue weighted by atomic mass is 10.0. The number of hydrogen-bond acceptors (Lipinski definition) is 3. The molecule has 0 aliphatic carbocycles. The van der Waals surface area contributed by atoms with Gasteiger partial charge in [0, 0.05) is 38.3 Å². The van der Waals surface area contributed by atoms with Gasteiger partial charge in [-0.25, -0.2) is 0 Å². The van der Waals surface area contributed by atoms with Crippen LogP contribution in [0.1, 0.15) is 57.1 Å². The molecule has 4 nitrogen and oxygen atoms in total. The number of hydrogen-bond donors (Lipinski definition) is 0. The predicted molar refractivity (Wildman–Crippen MR) is 127 cm³/mol. The molecule has 0 atom stereocenters. The van der Waals surface area contributed by atoms with Crippen molar-refractivity contribution in [3.05, 3.63) is 59.7 Å². The van der Waals surface area contributed by atoms with Crippen molar-refractivity contribution in [2.24, 2.45) is 4.99 Å². The summed E-state index contributed by atoms with van der Waals surface area (Å²) in [6.45, 7) is 8.33. The summed E-state index contributed by atoms with van der Waals surface area (Å²) in [5.41, 5.74) is 6.31. The quantitative estimate of drug-likeness (QED) is 0.622. The van der Waals surface area contributed by atoms with Crippen molar-refractivity contribution < 1.29 is 4.79 Å². The molecule has 0 unspecified atom stereocenters. The molecule has 2 fully saturated rings. The number of carbonyl (C=O) groups excluding carboxylic acids is 1. The summed E-state index contributed by atoms with van der Waals surface area (Å²) >= 11 is 0. The molecule has 5 rings (SSSR count). The first-order valence-corrected chi connectivity index (χ1v) is 11.5. The molecule has 4 heteroatoms. The van der Waals surface area contributed by atoms with Gasteiger partial charge in [-0.15, -0.1) is 0 Å². The van der Waals surface area contributed by atoms with Crippen LogP contribution in [0.25, 0.3) is 0 Å². The number of piperidine rings is 1. The van der Waals surface area contributed by atoms with Crippen LogP contribution in [0.4, 0.5) is 11.4 Å². The summed E-state index contributed by atoms with van der Waals surface area (Å²) < 4.78 is 0. The Kier molecular flexibility index (Phi) is 8.49. The molecule has 2 aromatic carbocycles. The number of anilines is 1. The van der Waals surface area contributed by atoms with Crippen LogP contribution in [-0.2, 0) is 11.2 Å². The number of nitrogens with zero attached hydrogens (tertiary/aromatic N) is 3. The molecule has 2 aromatic rings. The van der Waals surface area contributed by atoms with Gasteiger partial charge in [0.1, 0.15) is 0 Å². The second-order valence-corrected chi connectivity index (χ2v) is 7.81. The Morgan fingerprint density at radius 3 is 2.20 bits per heavy atom. The van der Waals surface area contributed by atoms with Gasteiger partial charge in [0.15, 0.2) is 0 Å². The Labute approximate surface area is 181 Å². The molecule has 160 valence electrons. The lowest BCUT2D eigenvalue weighted by Crippen LogP contribution is -2.29. The molecule has 3 aliphatic heterocycles. The number of amides is 1. The van der Waals surface area contributed by atoms with Crippen molar-refractivity contribution in [3.8, 4) is 0 Å². The molecule has 3 heterocycles. The zero-order valence-electron chi connectivity index (χ0n) is 18.5. The molecule has 0 spiro atoms. The minimum Gasteiger partial charge on any atom is -0.372 e.